The molecule has 122 valence electrons. The molecule has 1 aromatic carbocycles. The smallest absolute Gasteiger partial charge is 0.257 e. The van der Waals surface area contributed by atoms with E-state index in [4.69, 9.17) is 10.5 Å². The highest BCUT2D eigenvalue weighted by Crippen LogP contribution is 2.31. The van der Waals surface area contributed by atoms with Gasteiger partial charge in [-0.25, -0.2) is 4.98 Å². The van der Waals surface area contributed by atoms with Crippen LogP contribution in [-0.4, -0.2) is 35.4 Å². The maximum atomic E-state index is 12.8. The third-order valence-corrected chi connectivity index (χ3v) is 4.95. The van der Waals surface area contributed by atoms with E-state index >= 15 is 0 Å². The highest BCUT2D eigenvalue weighted by atomic mass is 32.1. The second kappa shape index (κ2) is 6.68. The predicted molar refractivity (Wildman–Crippen MR) is 90.6 cm³/mol. The third-order valence-electron chi connectivity index (χ3n) is 4.31. The maximum Gasteiger partial charge on any atom is 0.257 e. The molecule has 1 fully saturated rings. The van der Waals surface area contributed by atoms with E-state index < -0.39 is 0 Å². The van der Waals surface area contributed by atoms with E-state index in [1.54, 1.807) is 5.51 Å². The molecule has 5 nitrogen and oxygen atoms in total. The number of amides is 1. The van der Waals surface area contributed by atoms with Gasteiger partial charge in [0.1, 0.15) is 12.4 Å². The first-order valence-corrected chi connectivity index (χ1v) is 8.64. The minimum absolute atomic E-state index is 0.0102. The van der Waals surface area contributed by atoms with Gasteiger partial charge in [-0.05, 0) is 30.5 Å². The molecule has 0 spiro atoms. The third kappa shape index (κ3) is 3.54. The Hall–Kier alpha value is -1.92. The molecule has 0 bridgehead atoms. The zero-order valence-electron chi connectivity index (χ0n) is 13.2. The Kier molecular flexibility index (Phi) is 4.63. The normalized spacial score (nSPS) is 20.7. The zero-order valence-corrected chi connectivity index (χ0v) is 14.0. The van der Waals surface area contributed by atoms with E-state index in [1.807, 2.05) is 34.5 Å². The summed E-state index contributed by atoms with van der Waals surface area (Å²) < 4.78 is 5.81. The van der Waals surface area contributed by atoms with Gasteiger partial charge in [0.05, 0.1) is 16.8 Å². The number of likely N-dealkylation sites (tertiary alicyclic amines) is 1. The number of hydrogen-bond donors (Lipinski definition) is 1. The number of rotatable bonds is 5. The lowest BCUT2D eigenvalue weighted by atomic mass is 9.90. The predicted octanol–water partition coefficient (Wildman–Crippen LogP) is 2.53. The molecule has 2 heterocycles. The number of carbonyl (C=O) groups is 1. The Bertz CT molecular complexity index is 674. The molecular formula is C17H21N3O2S. The molecule has 2 N–H and O–H groups in total. The van der Waals surface area contributed by atoms with Gasteiger partial charge in [-0.2, -0.15) is 0 Å². The van der Waals surface area contributed by atoms with Gasteiger partial charge >= 0.3 is 0 Å². The largest absolute Gasteiger partial charge is 0.486 e. The van der Waals surface area contributed by atoms with Gasteiger partial charge in [-0.1, -0.05) is 19.1 Å². The molecule has 0 saturated carbocycles. The Balaban J connectivity index is 1.73. The molecule has 1 aliphatic rings. The van der Waals surface area contributed by atoms with Crippen LogP contribution in [-0.2, 0) is 6.61 Å². The van der Waals surface area contributed by atoms with Crippen LogP contribution in [0.15, 0.2) is 35.2 Å². The summed E-state index contributed by atoms with van der Waals surface area (Å²) in [5.41, 5.74) is 9.09. The van der Waals surface area contributed by atoms with Crippen LogP contribution in [0.25, 0.3) is 0 Å². The first-order valence-electron chi connectivity index (χ1n) is 7.69. The van der Waals surface area contributed by atoms with Crippen molar-refractivity contribution in [1.29, 1.82) is 0 Å². The van der Waals surface area contributed by atoms with E-state index in [9.17, 15) is 4.79 Å². The highest BCUT2D eigenvalue weighted by Gasteiger charge is 2.35. The van der Waals surface area contributed by atoms with Crippen LogP contribution < -0.4 is 10.5 Å². The van der Waals surface area contributed by atoms with Crippen LogP contribution in [0.1, 0.15) is 29.4 Å². The first kappa shape index (κ1) is 16.0. The second-order valence-electron chi connectivity index (χ2n) is 6.26. The number of nitrogens with two attached hydrogens (primary N) is 1. The van der Waals surface area contributed by atoms with Gasteiger partial charge in [-0.15, -0.1) is 11.3 Å². The van der Waals surface area contributed by atoms with Gasteiger partial charge in [0.25, 0.3) is 5.91 Å². The molecule has 3 rings (SSSR count). The number of thiazole rings is 1. The van der Waals surface area contributed by atoms with Crippen molar-refractivity contribution in [2.75, 3.05) is 19.6 Å². The Morgan fingerprint density at radius 3 is 3.00 bits per heavy atom. The molecule has 0 radical (unpaired) electrons. The lowest BCUT2D eigenvalue weighted by Gasteiger charge is -2.23. The minimum atomic E-state index is 0.0102. The summed E-state index contributed by atoms with van der Waals surface area (Å²) in [5, 5.41) is 1.94. The van der Waals surface area contributed by atoms with E-state index in [2.05, 4.69) is 11.9 Å². The quantitative estimate of drug-likeness (QED) is 0.914. The van der Waals surface area contributed by atoms with Crippen LogP contribution in [0.3, 0.4) is 0 Å². The SMILES string of the molecule is CC1(CN)CCN(C(=O)c2ccccc2OCc2cscn2)C1. The van der Waals surface area contributed by atoms with Crippen molar-refractivity contribution in [3.63, 3.8) is 0 Å². The van der Waals surface area contributed by atoms with Crippen LogP contribution >= 0.6 is 11.3 Å². The van der Waals surface area contributed by atoms with E-state index in [-0.39, 0.29) is 11.3 Å². The van der Waals surface area contributed by atoms with Crippen LogP contribution in [0, 0.1) is 5.41 Å². The molecule has 23 heavy (non-hydrogen) atoms. The average molecular weight is 331 g/mol. The molecule has 6 heteroatoms. The number of benzene rings is 1. The summed E-state index contributed by atoms with van der Waals surface area (Å²) in [7, 11) is 0. The molecule has 1 atom stereocenters. The zero-order chi connectivity index (χ0) is 16.3. The number of nitrogens with zero attached hydrogens (tertiary/aromatic N) is 2. The monoisotopic (exact) mass is 331 g/mol. The molecular weight excluding hydrogens is 310 g/mol. The first-order chi connectivity index (χ1) is 11.1. The van der Waals surface area contributed by atoms with Crippen molar-refractivity contribution >= 4 is 17.2 Å². The van der Waals surface area contributed by atoms with Gasteiger partial charge in [0.15, 0.2) is 0 Å². The van der Waals surface area contributed by atoms with E-state index in [1.165, 1.54) is 11.3 Å². The Labute approximate surface area is 140 Å². The van der Waals surface area contributed by atoms with Crippen LogP contribution in [0.2, 0.25) is 0 Å². The van der Waals surface area contributed by atoms with Crippen molar-refractivity contribution in [3.8, 4) is 5.75 Å². The minimum Gasteiger partial charge on any atom is -0.486 e. The summed E-state index contributed by atoms with van der Waals surface area (Å²) >= 11 is 1.53. The molecule has 1 saturated heterocycles. The lowest BCUT2D eigenvalue weighted by Crippen LogP contribution is -2.34. The fraction of sp³-hybridized carbons (Fsp3) is 0.412. The topological polar surface area (TPSA) is 68.5 Å². The maximum absolute atomic E-state index is 12.8. The molecule has 1 aliphatic heterocycles. The van der Waals surface area contributed by atoms with Gasteiger partial charge in [-0.3, -0.25) is 4.79 Å². The summed E-state index contributed by atoms with van der Waals surface area (Å²) in [6.07, 6.45) is 0.942. The summed E-state index contributed by atoms with van der Waals surface area (Å²) in [5.74, 6) is 0.614. The molecule has 2 aromatic rings. The fourth-order valence-corrected chi connectivity index (χ4v) is 3.31. The van der Waals surface area contributed by atoms with Crippen LogP contribution in [0.5, 0.6) is 5.75 Å². The Morgan fingerprint density at radius 2 is 2.30 bits per heavy atom. The number of hydrogen-bond acceptors (Lipinski definition) is 5. The number of aromatic nitrogens is 1. The van der Waals surface area contributed by atoms with E-state index in [0.717, 1.165) is 18.7 Å². The summed E-state index contributed by atoms with van der Waals surface area (Å²) in [6, 6.07) is 7.39. The van der Waals surface area contributed by atoms with Gasteiger partial charge < -0.3 is 15.4 Å². The second-order valence-corrected chi connectivity index (χ2v) is 6.97. The number of para-hydroxylation sites is 1. The van der Waals surface area contributed by atoms with Crippen LogP contribution in [0.4, 0.5) is 0 Å². The van der Waals surface area contributed by atoms with Gasteiger partial charge in [0.2, 0.25) is 0 Å². The fourth-order valence-electron chi connectivity index (χ4n) is 2.76. The molecule has 1 unspecified atom stereocenters. The summed E-state index contributed by atoms with van der Waals surface area (Å²) in [6.45, 7) is 4.54. The molecule has 1 aromatic heterocycles. The summed E-state index contributed by atoms with van der Waals surface area (Å²) in [4.78, 5) is 18.9. The average Bonchev–Trinajstić information content (AvgIpc) is 3.23. The number of ether oxygens (including phenoxy) is 1. The molecule has 1 amide bonds. The number of carbonyl (C=O) groups excluding carboxylic acids is 1. The van der Waals surface area contributed by atoms with Crippen molar-refractivity contribution in [2.45, 2.75) is 20.0 Å². The Morgan fingerprint density at radius 1 is 1.48 bits per heavy atom. The van der Waals surface area contributed by atoms with Gasteiger partial charge in [0, 0.05) is 18.5 Å². The van der Waals surface area contributed by atoms with Crippen molar-refractivity contribution in [1.82, 2.24) is 9.88 Å². The van der Waals surface area contributed by atoms with Crippen molar-refractivity contribution in [2.24, 2.45) is 11.1 Å². The molecule has 0 aliphatic carbocycles. The van der Waals surface area contributed by atoms with Crippen molar-refractivity contribution < 1.29 is 9.53 Å². The van der Waals surface area contributed by atoms with Crippen molar-refractivity contribution in [3.05, 3.63) is 46.4 Å². The highest BCUT2D eigenvalue weighted by molar-refractivity contribution is 7.07. The van der Waals surface area contributed by atoms with E-state index in [0.29, 0.717) is 31.0 Å². The lowest BCUT2D eigenvalue weighted by molar-refractivity contribution is 0.0772. The standard InChI is InChI=1S/C17H21N3O2S/c1-17(10-18)6-7-20(11-17)16(21)14-4-2-3-5-15(14)22-8-13-9-23-12-19-13/h2-5,9,12H,6-8,10-11,18H2,1H3.